The van der Waals surface area contributed by atoms with E-state index in [0.717, 1.165) is 23.1 Å². The highest BCUT2D eigenvalue weighted by Crippen LogP contribution is 2.29. The number of rotatable bonds is 9. The standard InChI is InChI=1S/C25H33N3O5/c1-17-23-20(28(27-17)24(30)33-25(2,3)4)10-8-12-22(23)32-16-19(29)15-26-14-13-18-9-6-7-11-21(18)31-5/h6-12,19,26,29H,13-16H2,1-5H3/t19-/m0/s1. The van der Waals surface area contributed by atoms with E-state index in [-0.39, 0.29) is 6.61 Å². The topological polar surface area (TPSA) is 94.8 Å². The van der Waals surface area contributed by atoms with E-state index in [4.69, 9.17) is 14.2 Å². The molecule has 3 aromatic rings. The zero-order chi connectivity index (χ0) is 24.0. The van der Waals surface area contributed by atoms with Crippen molar-refractivity contribution in [2.45, 2.75) is 45.8 Å². The van der Waals surface area contributed by atoms with Gasteiger partial charge in [0.25, 0.3) is 0 Å². The van der Waals surface area contributed by atoms with Crippen molar-refractivity contribution in [3.05, 3.63) is 53.7 Å². The van der Waals surface area contributed by atoms with Gasteiger partial charge in [-0.15, -0.1) is 0 Å². The Balaban J connectivity index is 1.57. The van der Waals surface area contributed by atoms with E-state index in [1.807, 2.05) is 52.0 Å². The Labute approximate surface area is 194 Å². The van der Waals surface area contributed by atoms with Gasteiger partial charge in [-0.3, -0.25) is 0 Å². The van der Waals surface area contributed by atoms with E-state index in [2.05, 4.69) is 10.4 Å². The number of ether oxygens (including phenoxy) is 3. The van der Waals surface area contributed by atoms with Crippen molar-refractivity contribution in [3.8, 4) is 11.5 Å². The fourth-order valence-corrected chi connectivity index (χ4v) is 3.52. The molecule has 0 fully saturated rings. The van der Waals surface area contributed by atoms with Gasteiger partial charge in [-0.25, -0.2) is 4.79 Å². The molecule has 178 valence electrons. The lowest BCUT2D eigenvalue weighted by atomic mass is 10.1. The number of hydrogen-bond acceptors (Lipinski definition) is 7. The minimum Gasteiger partial charge on any atom is -0.496 e. The van der Waals surface area contributed by atoms with E-state index in [0.29, 0.717) is 30.0 Å². The Morgan fingerprint density at radius 3 is 2.61 bits per heavy atom. The number of aliphatic hydroxyl groups excluding tert-OH is 1. The quantitative estimate of drug-likeness (QED) is 0.475. The number of hydrogen-bond donors (Lipinski definition) is 2. The lowest BCUT2D eigenvalue weighted by molar-refractivity contribution is 0.0522. The average molecular weight is 456 g/mol. The van der Waals surface area contributed by atoms with E-state index >= 15 is 0 Å². The molecule has 0 aliphatic rings. The molecule has 0 radical (unpaired) electrons. The predicted molar refractivity (Wildman–Crippen MR) is 127 cm³/mol. The van der Waals surface area contributed by atoms with Crippen LogP contribution in [0.3, 0.4) is 0 Å². The van der Waals surface area contributed by atoms with Crippen LogP contribution >= 0.6 is 0 Å². The highest BCUT2D eigenvalue weighted by Gasteiger charge is 2.22. The second-order valence-corrected chi connectivity index (χ2v) is 8.86. The maximum atomic E-state index is 12.5. The molecule has 8 nitrogen and oxygen atoms in total. The Hall–Kier alpha value is -3.10. The molecule has 0 saturated carbocycles. The van der Waals surface area contributed by atoms with Gasteiger partial charge in [-0.1, -0.05) is 24.3 Å². The number of carbonyl (C=O) groups is 1. The van der Waals surface area contributed by atoms with Crippen molar-refractivity contribution in [2.75, 3.05) is 26.8 Å². The van der Waals surface area contributed by atoms with Gasteiger partial charge in [0.2, 0.25) is 0 Å². The first-order valence-electron chi connectivity index (χ1n) is 11.0. The molecule has 0 aliphatic heterocycles. The summed E-state index contributed by atoms with van der Waals surface area (Å²) in [6.07, 6.45) is -0.448. The van der Waals surface area contributed by atoms with Crippen LogP contribution in [0.25, 0.3) is 10.9 Å². The van der Waals surface area contributed by atoms with Gasteiger partial charge in [-0.05, 0) is 64.4 Å². The molecule has 2 N–H and O–H groups in total. The third kappa shape index (κ3) is 6.46. The number of benzene rings is 2. The van der Waals surface area contributed by atoms with Gasteiger partial charge >= 0.3 is 6.09 Å². The third-order valence-corrected chi connectivity index (χ3v) is 4.99. The summed E-state index contributed by atoms with van der Waals surface area (Å²) >= 11 is 0. The predicted octanol–water partition coefficient (Wildman–Crippen LogP) is 3.71. The molecule has 33 heavy (non-hydrogen) atoms. The second kappa shape index (κ2) is 10.7. The lowest BCUT2D eigenvalue weighted by Crippen LogP contribution is -2.32. The average Bonchev–Trinajstić information content (AvgIpc) is 3.12. The fraction of sp³-hybridized carbons (Fsp3) is 0.440. The van der Waals surface area contributed by atoms with Crippen LogP contribution in [0.5, 0.6) is 11.5 Å². The molecule has 0 aliphatic carbocycles. The zero-order valence-corrected chi connectivity index (χ0v) is 19.9. The van der Waals surface area contributed by atoms with E-state index in [9.17, 15) is 9.90 Å². The minimum atomic E-state index is -0.695. The molecule has 0 saturated heterocycles. The molecule has 0 unspecified atom stereocenters. The molecule has 2 aromatic carbocycles. The summed E-state index contributed by atoms with van der Waals surface area (Å²) in [5, 5.41) is 18.7. The fourth-order valence-electron chi connectivity index (χ4n) is 3.52. The summed E-state index contributed by atoms with van der Waals surface area (Å²) in [7, 11) is 1.66. The number of aliphatic hydroxyl groups is 1. The van der Waals surface area contributed by atoms with Crippen LogP contribution in [0, 0.1) is 6.92 Å². The molecule has 1 atom stereocenters. The maximum absolute atomic E-state index is 12.5. The summed E-state index contributed by atoms with van der Waals surface area (Å²) in [6.45, 7) is 8.44. The molecular formula is C25H33N3O5. The van der Waals surface area contributed by atoms with Gasteiger partial charge in [0.1, 0.15) is 29.8 Å². The first kappa shape index (κ1) is 24.5. The van der Waals surface area contributed by atoms with Crippen molar-refractivity contribution >= 4 is 17.0 Å². The number of para-hydroxylation sites is 1. The van der Waals surface area contributed by atoms with Gasteiger partial charge in [0.05, 0.1) is 23.7 Å². The first-order chi connectivity index (χ1) is 15.7. The van der Waals surface area contributed by atoms with Crippen LogP contribution in [0.4, 0.5) is 4.79 Å². The van der Waals surface area contributed by atoms with Crippen LogP contribution < -0.4 is 14.8 Å². The number of aryl methyl sites for hydroxylation is 1. The zero-order valence-electron chi connectivity index (χ0n) is 19.9. The monoisotopic (exact) mass is 455 g/mol. The lowest BCUT2D eigenvalue weighted by Gasteiger charge is -2.19. The van der Waals surface area contributed by atoms with Crippen LogP contribution in [-0.2, 0) is 11.2 Å². The van der Waals surface area contributed by atoms with Gasteiger partial charge in [0, 0.05) is 6.54 Å². The minimum absolute atomic E-state index is 0.109. The van der Waals surface area contributed by atoms with Crippen LogP contribution in [0.15, 0.2) is 42.5 Å². The van der Waals surface area contributed by atoms with Gasteiger partial charge < -0.3 is 24.6 Å². The summed E-state index contributed by atoms with van der Waals surface area (Å²) in [6, 6.07) is 13.3. The second-order valence-electron chi connectivity index (χ2n) is 8.86. The van der Waals surface area contributed by atoms with Crippen LogP contribution in [-0.4, -0.2) is 59.5 Å². The molecule has 0 bridgehead atoms. The van der Waals surface area contributed by atoms with Crippen molar-refractivity contribution in [3.63, 3.8) is 0 Å². The van der Waals surface area contributed by atoms with Crippen LogP contribution in [0.2, 0.25) is 0 Å². The molecule has 1 aromatic heterocycles. The van der Waals surface area contributed by atoms with Gasteiger partial charge in [0.15, 0.2) is 0 Å². The summed E-state index contributed by atoms with van der Waals surface area (Å²) in [4.78, 5) is 12.5. The molecule has 0 spiro atoms. The van der Waals surface area contributed by atoms with E-state index < -0.39 is 17.8 Å². The Morgan fingerprint density at radius 2 is 1.88 bits per heavy atom. The normalized spacial score (nSPS) is 12.5. The van der Waals surface area contributed by atoms with Crippen molar-refractivity contribution in [2.24, 2.45) is 0 Å². The Kier molecular flexibility index (Phi) is 7.94. The van der Waals surface area contributed by atoms with Crippen molar-refractivity contribution in [1.82, 2.24) is 15.1 Å². The molecule has 1 heterocycles. The first-order valence-corrected chi connectivity index (χ1v) is 11.0. The summed E-state index contributed by atoms with van der Waals surface area (Å²) in [5.41, 5.74) is 1.74. The molecule has 3 rings (SSSR count). The largest absolute Gasteiger partial charge is 0.496 e. The SMILES string of the molecule is COc1ccccc1CCNC[C@H](O)COc1cccc2c1c(C)nn2C(=O)OC(C)(C)C. The van der Waals surface area contributed by atoms with Gasteiger partial charge in [-0.2, -0.15) is 9.78 Å². The van der Waals surface area contributed by atoms with Crippen molar-refractivity contribution in [1.29, 1.82) is 0 Å². The van der Waals surface area contributed by atoms with E-state index in [1.165, 1.54) is 4.68 Å². The third-order valence-electron chi connectivity index (χ3n) is 4.99. The highest BCUT2D eigenvalue weighted by atomic mass is 16.6. The Bertz CT molecular complexity index is 1090. The number of nitrogens with one attached hydrogen (secondary N) is 1. The number of aromatic nitrogens is 2. The Morgan fingerprint density at radius 1 is 1.15 bits per heavy atom. The summed E-state index contributed by atoms with van der Waals surface area (Å²) < 4.78 is 18.0. The number of carbonyl (C=O) groups excluding carboxylic acids is 1. The number of methoxy groups -OCH3 is 1. The summed E-state index contributed by atoms with van der Waals surface area (Å²) in [5.74, 6) is 1.42. The van der Waals surface area contributed by atoms with Crippen molar-refractivity contribution < 1.29 is 24.1 Å². The smallest absolute Gasteiger partial charge is 0.435 e. The highest BCUT2D eigenvalue weighted by molar-refractivity contribution is 5.93. The molecule has 0 amide bonds. The number of fused-ring (bicyclic) bond motifs is 1. The van der Waals surface area contributed by atoms with Crippen LogP contribution in [0.1, 0.15) is 32.0 Å². The molecule has 8 heteroatoms. The molecular weight excluding hydrogens is 422 g/mol. The number of nitrogens with zero attached hydrogens (tertiary/aromatic N) is 2. The van der Waals surface area contributed by atoms with E-state index in [1.54, 1.807) is 25.3 Å². The maximum Gasteiger partial charge on any atom is 0.435 e.